The number of benzene rings is 1. The van der Waals surface area contributed by atoms with E-state index in [1.165, 1.54) is 31.4 Å². The summed E-state index contributed by atoms with van der Waals surface area (Å²) in [5, 5.41) is 20.6. The topological polar surface area (TPSA) is 75.8 Å². The predicted octanol–water partition coefficient (Wildman–Crippen LogP) is 2.21. The van der Waals surface area contributed by atoms with Gasteiger partial charge in [-0.15, -0.1) is 0 Å². The van der Waals surface area contributed by atoms with Gasteiger partial charge in [-0.05, 0) is 38.4 Å². The van der Waals surface area contributed by atoms with E-state index in [-0.39, 0.29) is 12.3 Å². The van der Waals surface area contributed by atoms with Gasteiger partial charge in [-0.3, -0.25) is 15.0 Å². The number of hydrogen-bond donors (Lipinski definition) is 1. The van der Waals surface area contributed by atoms with Gasteiger partial charge in [-0.1, -0.05) is 6.42 Å². The Balaban J connectivity index is 1.77. The van der Waals surface area contributed by atoms with E-state index in [0.29, 0.717) is 18.3 Å². The molecule has 6 nitrogen and oxygen atoms in total. The number of hydrogen-bond acceptors (Lipinski definition) is 5. The third-order valence-corrected chi connectivity index (χ3v) is 3.88. The highest BCUT2D eigenvalue weighted by atomic mass is 16.6. The molecule has 1 saturated heterocycles. The fourth-order valence-corrected chi connectivity index (χ4v) is 2.61. The van der Waals surface area contributed by atoms with Gasteiger partial charge in [0, 0.05) is 24.7 Å². The molecular formula is C15H22N2O4. The van der Waals surface area contributed by atoms with E-state index in [0.717, 1.165) is 6.54 Å². The Morgan fingerprint density at radius 2 is 2.14 bits per heavy atom. The number of nitro benzene ring substituents is 1. The van der Waals surface area contributed by atoms with Crippen LogP contribution in [0.5, 0.6) is 5.75 Å². The van der Waals surface area contributed by atoms with Crippen LogP contribution in [0.1, 0.15) is 26.2 Å². The maximum Gasteiger partial charge on any atom is 0.269 e. The van der Waals surface area contributed by atoms with Crippen molar-refractivity contribution >= 4 is 5.69 Å². The van der Waals surface area contributed by atoms with Crippen molar-refractivity contribution in [3.63, 3.8) is 0 Å². The molecule has 116 valence electrons. The van der Waals surface area contributed by atoms with E-state index in [4.69, 9.17) is 4.74 Å². The molecule has 1 N–H and O–H groups in total. The lowest BCUT2D eigenvalue weighted by molar-refractivity contribution is -0.384. The van der Waals surface area contributed by atoms with Gasteiger partial charge in [0.1, 0.15) is 18.5 Å². The van der Waals surface area contributed by atoms with E-state index >= 15 is 0 Å². The van der Waals surface area contributed by atoms with Crippen molar-refractivity contribution < 1.29 is 14.8 Å². The van der Waals surface area contributed by atoms with E-state index in [1.54, 1.807) is 12.1 Å². The highest BCUT2D eigenvalue weighted by Crippen LogP contribution is 2.19. The fraction of sp³-hybridized carbons (Fsp3) is 0.600. The average molecular weight is 294 g/mol. The van der Waals surface area contributed by atoms with Crippen LogP contribution in [0.4, 0.5) is 5.69 Å². The fourth-order valence-electron chi connectivity index (χ4n) is 2.61. The Morgan fingerprint density at radius 1 is 1.43 bits per heavy atom. The zero-order chi connectivity index (χ0) is 15.2. The first-order valence-electron chi connectivity index (χ1n) is 7.35. The molecule has 6 heteroatoms. The van der Waals surface area contributed by atoms with Crippen molar-refractivity contribution in [3.8, 4) is 5.75 Å². The first-order chi connectivity index (χ1) is 10.1. The second kappa shape index (κ2) is 7.38. The number of nitro groups is 1. The molecule has 0 saturated carbocycles. The molecule has 21 heavy (non-hydrogen) atoms. The third-order valence-electron chi connectivity index (χ3n) is 3.88. The number of likely N-dealkylation sites (tertiary alicyclic amines) is 1. The molecule has 1 fully saturated rings. The van der Waals surface area contributed by atoms with Gasteiger partial charge in [0.05, 0.1) is 4.92 Å². The van der Waals surface area contributed by atoms with Crippen LogP contribution in [-0.4, -0.2) is 46.8 Å². The zero-order valence-corrected chi connectivity index (χ0v) is 12.3. The molecule has 2 rings (SSSR count). The number of aliphatic hydroxyl groups is 1. The highest BCUT2D eigenvalue weighted by Gasteiger charge is 2.21. The van der Waals surface area contributed by atoms with Crippen molar-refractivity contribution in [2.24, 2.45) is 0 Å². The van der Waals surface area contributed by atoms with Crippen LogP contribution in [0.3, 0.4) is 0 Å². The second-order valence-corrected chi connectivity index (χ2v) is 5.56. The first-order valence-corrected chi connectivity index (χ1v) is 7.35. The molecule has 0 spiro atoms. The summed E-state index contributed by atoms with van der Waals surface area (Å²) in [6, 6.07) is 6.40. The Labute approximate surface area is 124 Å². The maximum atomic E-state index is 10.5. The summed E-state index contributed by atoms with van der Waals surface area (Å²) in [4.78, 5) is 12.4. The van der Waals surface area contributed by atoms with Crippen LogP contribution in [0, 0.1) is 10.1 Å². The normalized spacial score (nSPS) is 21.0. The SMILES string of the molecule is CC1CCCCN1CC(O)COc1ccc([N+](=O)[O-])cc1. The van der Waals surface area contributed by atoms with Gasteiger partial charge in [0.15, 0.2) is 0 Å². The lowest BCUT2D eigenvalue weighted by Crippen LogP contribution is -2.43. The van der Waals surface area contributed by atoms with Crippen molar-refractivity contribution in [2.75, 3.05) is 19.7 Å². The molecule has 0 aromatic heterocycles. The third kappa shape index (κ3) is 4.68. The summed E-state index contributed by atoms with van der Waals surface area (Å²) in [5.41, 5.74) is 0.0324. The molecular weight excluding hydrogens is 272 g/mol. The molecule has 0 radical (unpaired) electrons. The quantitative estimate of drug-likeness (QED) is 0.643. The van der Waals surface area contributed by atoms with Gasteiger partial charge in [-0.25, -0.2) is 0 Å². The largest absolute Gasteiger partial charge is 0.491 e. The van der Waals surface area contributed by atoms with Crippen LogP contribution in [0.15, 0.2) is 24.3 Å². The summed E-state index contributed by atoms with van der Waals surface area (Å²) in [5.74, 6) is 0.534. The summed E-state index contributed by atoms with van der Waals surface area (Å²) in [6.07, 6.45) is 3.06. The summed E-state index contributed by atoms with van der Waals surface area (Å²) in [7, 11) is 0. The lowest BCUT2D eigenvalue weighted by Gasteiger charge is -2.34. The molecule has 2 atom stereocenters. The van der Waals surface area contributed by atoms with Crippen LogP contribution in [0.25, 0.3) is 0 Å². The Morgan fingerprint density at radius 3 is 2.76 bits per heavy atom. The monoisotopic (exact) mass is 294 g/mol. The maximum absolute atomic E-state index is 10.5. The number of piperidine rings is 1. The van der Waals surface area contributed by atoms with E-state index < -0.39 is 11.0 Å². The standard InChI is InChI=1S/C15H22N2O4/c1-12-4-2-3-9-16(12)10-14(18)11-21-15-7-5-13(6-8-15)17(19)20/h5-8,12,14,18H,2-4,9-11H2,1H3. The van der Waals surface area contributed by atoms with Crippen LogP contribution in [0.2, 0.25) is 0 Å². The van der Waals surface area contributed by atoms with E-state index in [1.807, 2.05) is 0 Å². The minimum atomic E-state index is -0.555. The number of nitrogens with zero attached hydrogens (tertiary/aromatic N) is 2. The van der Waals surface area contributed by atoms with Crippen molar-refractivity contribution in [1.29, 1.82) is 0 Å². The molecule has 2 unspecified atom stereocenters. The molecule has 1 heterocycles. The number of ether oxygens (including phenoxy) is 1. The van der Waals surface area contributed by atoms with Crippen LogP contribution >= 0.6 is 0 Å². The molecule has 1 aliphatic heterocycles. The summed E-state index contributed by atoms with van der Waals surface area (Å²) < 4.78 is 5.48. The van der Waals surface area contributed by atoms with Crippen LogP contribution in [-0.2, 0) is 0 Å². The Hall–Kier alpha value is -1.66. The average Bonchev–Trinajstić information content (AvgIpc) is 2.48. The van der Waals surface area contributed by atoms with E-state index in [2.05, 4.69) is 11.8 Å². The molecule has 0 amide bonds. The van der Waals surface area contributed by atoms with E-state index in [9.17, 15) is 15.2 Å². The molecule has 0 bridgehead atoms. The lowest BCUT2D eigenvalue weighted by atomic mass is 10.0. The smallest absolute Gasteiger partial charge is 0.269 e. The van der Waals surface area contributed by atoms with Gasteiger partial charge in [0.2, 0.25) is 0 Å². The van der Waals surface area contributed by atoms with Crippen molar-refractivity contribution in [3.05, 3.63) is 34.4 Å². The van der Waals surface area contributed by atoms with Gasteiger partial charge in [-0.2, -0.15) is 0 Å². The summed E-state index contributed by atoms with van der Waals surface area (Å²) >= 11 is 0. The van der Waals surface area contributed by atoms with Crippen molar-refractivity contribution in [2.45, 2.75) is 38.3 Å². The molecule has 0 aliphatic carbocycles. The Kier molecular flexibility index (Phi) is 5.52. The first kappa shape index (κ1) is 15.7. The number of rotatable bonds is 6. The van der Waals surface area contributed by atoms with Gasteiger partial charge >= 0.3 is 0 Å². The van der Waals surface area contributed by atoms with Crippen molar-refractivity contribution in [1.82, 2.24) is 4.90 Å². The second-order valence-electron chi connectivity index (χ2n) is 5.56. The minimum absolute atomic E-state index is 0.0324. The minimum Gasteiger partial charge on any atom is -0.491 e. The molecule has 1 aromatic rings. The van der Waals surface area contributed by atoms with Gasteiger partial charge in [0.25, 0.3) is 5.69 Å². The summed E-state index contributed by atoms with van der Waals surface area (Å²) in [6.45, 7) is 4.01. The molecule has 1 aliphatic rings. The van der Waals surface area contributed by atoms with Gasteiger partial charge < -0.3 is 9.84 Å². The highest BCUT2D eigenvalue weighted by molar-refractivity contribution is 5.35. The predicted molar refractivity (Wildman–Crippen MR) is 79.5 cm³/mol. The number of non-ortho nitro benzene ring substituents is 1. The van der Waals surface area contributed by atoms with Crippen LogP contribution < -0.4 is 4.74 Å². The Bertz CT molecular complexity index is 463. The molecule has 1 aromatic carbocycles. The zero-order valence-electron chi connectivity index (χ0n) is 12.3. The number of β-amino-alcohol motifs (C(OH)–C–C–N with tert-alkyl or cyclic N) is 1. The number of aliphatic hydroxyl groups excluding tert-OH is 1.